The molecule has 0 radical (unpaired) electrons. The number of amides is 2. The van der Waals surface area contributed by atoms with Crippen LogP contribution in [0.15, 0.2) is 42.5 Å². The van der Waals surface area contributed by atoms with Crippen LogP contribution in [-0.4, -0.2) is 25.5 Å². The maximum atomic E-state index is 12.0. The molecule has 7 heteroatoms. The van der Waals surface area contributed by atoms with Crippen molar-refractivity contribution in [2.24, 2.45) is 0 Å². The molecule has 0 unspecified atom stereocenters. The highest BCUT2D eigenvalue weighted by Crippen LogP contribution is 2.28. The number of hydrogen-bond donors (Lipinski definition) is 2. The van der Waals surface area contributed by atoms with E-state index in [-0.39, 0.29) is 18.4 Å². The number of carbonyl (C=O) groups excluding carboxylic acids is 2. The van der Waals surface area contributed by atoms with Crippen LogP contribution in [0.25, 0.3) is 0 Å². The zero-order valence-corrected chi connectivity index (χ0v) is 14.0. The molecule has 0 aliphatic carbocycles. The smallest absolute Gasteiger partial charge is 0.262 e. The molecule has 0 spiro atoms. The third kappa shape index (κ3) is 4.89. The summed E-state index contributed by atoms with van der Waals surface area (Å²) in [5.41, 5.74) is 0.974. The molecule has 2 amide bonds. The number of benzene rings is 2. The van der Waals surface area contributed by atoms with Gasteiger partial charge in [-0.3, -0.25) is 9.59 Å². The number of nitrogens with one attached hydrogen (secondary N) is 2. The summed E-state index contributed by atoms with van der Waals surface area (Å²) in [6, 6.07) is 11.8. The van der Waals surface area contributed by atoms with Crippen molar-refractivity contribution in [3.63, 3.8) is 0 Å². The lowest BCUT2D eigenvalue weighted by atomic mass is 10.2. The van der Waals surface area contributed by atoms with Crippen LogP contribution in [0.5, 0.6) is 11.5 Å². The van der Waals surface area contributed by atoms with Crippen molar-refractivity contribution in [1.29, 1.82) is 0 Å². The molecule has 2 aromatic carbocycles. The Kier molecular flexibility index (Phi) is 6.03. The molecule has 0 atom stereocenters. The lowest BCUT2D eigenvalue weighted by molar-refractivity contribution is -0.118. The minimum atomic E-state index is -0.353. The summed E-state index contributed by atoms with van der Waals surface area (Å²) in [6.07, 6.45) is 0. The second kappa shape index (κ2) is 8.21. The Hall–Kier alpha value is -2.73. The van der Waals surface area contributed by atoms with Gasteiger partial charge in [-0.25, -0.2) is 0 Å². The fourth-order valence-electron chi connectivity index (χ4n) is 1.98. The van der Waals surface area contributed by atoms with Gasteiger partial charge < -0.3 is 20.1 Å². The fraction of sp³-hybridized carbons (Fsp3) is 0.176. The Morgan fingerprint density at radius 1 is 1.08 bits per heavy atom. The van der Waals surface area contributed by atoms with Gasteiger partial charge in [-0.2, -0.15) is 0 Å². The minimum Gasteiger partial charge on any atom is -0.495 e. The normalized spacial score (nSPS) is 9.96. The Morgan fingerprint density at radius 3 is 2.50 bits per heavy atom. The highest BCUT2D eigenvalue weighted by Gasteiger charge is 2.09. The van der Waals surface area contributed by atoms with Crippen LogP contribution < -0.4 is 20.1 Å². The summed E-state index contributed by atoms with van der Waals surface area (Å²) < 4.78 is 10.5. The average Bonchev–Trinajstić information content (AvgIpc) is 2.54. The van der Waals surface area contributed by atoms with Gasteiger partial charge in [0.15, 0.2) is 6.61 Å². The summed E-state index contributed by atoms with van der Waals surface area (Å²) in [7, 11) is 1.50. The molecule has 0 saturated heterocycles. The minimum absolute atomic E-state index is 0.189. The Bertz CT molecular complexity index is 749. The molecule has 0 saturated carbocycles. The highest BCUT2D eigenvalue weighted by molar-refractivity contribution is 6.32. The van der Waals surface area contributed by atoms with Crippen LogP contribution in [0.4, 0.5) is 11.4 Å². The molecule has 0 aromatic heterocycles. The third-order valence-corrected chi connectivity index (χ3v) is 3.30. The van der Waals surface area contributed by atoms with Gasteiger partial charge >= 0.3 is 0 Å². The molecule has 24 heavy (non-hydrogen) atoms. The van der Waals surface area contributed by atoms with E-state index in [0.717, 1.165) is 0 Å². The van der Waals surface area contributed by atoms with Gasteiger partial charge in [0, 0.05) is 12.6 Å². The first-order valence-electron chi connectivity index (χ1n) is 7.12. The van der Waals surface area contributed by atoms with Crippen LogP contribution in [0.3, 0.4) is 0 Å². The van der Waals surface area contributed by atoms with Crippen LogP contribution in [0.2, 0.25) is 5.02 Å². The van der Waals surface area contributed by atoms with E-state index >= 15 is 0 Å². The quantitative estimate of drug-likeness (QED) is 0.839. The molecule has 0 heterocycles. The van der Waals surface area contributed by atoms with E-state index in [2.05, 4.69) is 10.6 Å². The Labute approximate surface area is 144 Å². The molecule has 2 aromatic rings. The number of ether oxygens (including phenoxy) is 2. The van der Waals surface area contributed by atoms with Crippen molar-refractivity contribution in [3.05, 3.63) is 47.5 Å². The number of carbonyl (C=O) groups is 2. The molecule has 0 aliphatic rings. The fourth-order valence-corrected chi connectivity index (χ4v) is 2.17. The molecule has 2 N–H and O–H groups in total. The highest BCUT2D eigenvalue weighted by atomic mass is 35.5. The van der Waals surface area contributed by atoms with Gasteiger partial charge in [0.05, 0.1) is 17.8 Å². The lowest BCUT2D eigenvalue weighted by Gasteiger charge is -2.12. The molecule has 0 aliphatic heterocycles. The van der Waals surface area contributed by atoms with Crippen molar-refractivity contribution in [3.8, 4) is 11.5 Å². The molecule has 0 fully saturated rings. The first-order valence-corrected chi connectivity index (χ1v) is 7.50. The van der Waals surface area contributed by atoms with Crippen LogP contribution in [0, 0.1) is 0 Å². The molecule has 126 valence electrons. The Morgan fingerprint density at radius 2 is 1.83 bits per heavy atom. The lowest BCUT2D eigenvalue weighted by Crippen LogP contribution is -2.20. The van der Waals surface area contributed by atoms with Crippen LogP contribution in [-0.2, 0) is 9.59 Å². The van der Waals surface area contributed by atoms with Gasteiger partial charge in [0.2, 0.25) is 5.91 Å². The first kappa shape index (κ1) is 17.6. The van der Waals surface area contributed by atoms with Crippen molar-refractivity contribution in [2.45, 2.75) is 6.92 Å². The monoisotopic (exact) mass is 348 g/mol. The third-order valence-electron chi connectivity index (χ3n) is 2.99. The van der Waals surface area contributed by atoms with Gasteiger partial charge in [-0.15, -0.1) is 0 Å². The average molecular weight is 349 g/mol. The van der Waals surface area contributed by atoms with E-state index in [9.17, 15) is 9.59 Å². The summed E-state index contributed by atoms with van der Waals surface area (Å²) in [5, 5.41) is 5.76. The number of methoxy groups -OCH3 is 1. The van der Waals surface area contributed by atoms with Crippen molar-refractivity contribution < 1.29 is 19.1 Å². The van der Waals surface area contributed by atoms with Crippen molar-refractivity contribution in [2.75, 3.05) is 24.4 Å². The first-order chi connectivity index (χ1) is 11.5. The van der Waals surface area contributed by atoms with Gasteiger partial charge in [0.1, 0.15) is 11.5 Å². The van der Waals surface area contributed by atoms with Crippen LogP contribution in [0.1, 0.15) is 6.92 Å². The Balaban J connectivity index is 2.01. The second-order valence-corrected chi connectivity index (χ2v) is 5.27. The summed E-state index contributed by atoms with van der Waals surface area (Å²) in [4.78, 5) is 23.2. The predicted octanol–water partition coefficient (Wildman–Crippen LogP) is 3.32. The van der Waals surface area contributed by atoms with Gasteiger partial charge in [0.25, 0.3) is 5.91 Å². The van der Waals surface area contributed by atoms with E-state index < -0.39 is 0 Å². The maximum absolute atomic E-state index is 12.0. The van der Waals surface area contributed by atoms with E-state index in [1.54, 1.807) is 42.5 Å². The van der Waals surface area contributed by atoms with E-state index in [0.29, 0.717) is 27.9 Å². The van der Waals surface area contributed by atoms with E-state index in [1.807, 2.05) is 0 Å². The molecule has 6 nitrogen and oxygen atoms in total. The zero-order valence-electron chi connectivity index (χ0n) is 13.3. The van der Waals surface area contributed by atoms with E-state index in [4.69, 9.17) is 21.1 Å². The number of halogens is 1. The molecule has 2 rings (SSSR count). The van der Waals surface area contributed by atoms with Crippen molar-refractivity contribution >= 4 is 34.8 Å². The topological polar surface area (TPSA) is 76.7 Å². The molecular formula is C17H17ClN2O4. The summed E-state index contributed by atoms with van der Waals surface area (Å²) in [6.45, 7) is 1.20. The predicted molar refractivity (Wildman–Crippen MR) is 92.9 cm³/mol. The largest absolute Gasteiger partial charge is 0.495 e. The number of rotatable bonds is 6. The number of para-hydroxylation sites is 1. The number of hydrogen-bond acceptors (Lipinski definition) is 4. The SMILES string of the molecule is COc1ccc(NC(=O)COc2ccccc2Cl)cc1NC(C)=O. The summed E-state index contributed by atoms with van der Waals surface area (Å²) in [5.74, 6) is 0.339. The maximum Gasteiger partial charge on any atom is 0.262 e. The number of anilines is 2. The van der Waals surface area contributed by atoms with Gasteiger partial charge in [-0.05, 0) is 30.3 Å². The zero-order chi connectivity index (χ0) is 17.5. The molecular weight excluding hydrogens is 332 g/mol. The molecule has 0 bridgehead atoms. The standard InChI is InChI=1S/C17H17ClN2O4/c1-11(21)19-14-9-12(7-8-16(14)23-2)20-17(22)10-24-15-6-4-3-5-13(15)18/h3-9H,10H2,1-2H3,(H,19,21)(H,20,22). The van der Waals surface area contributed by atoms with Crippen LogP contribution >= 0.6 is 11.6 Å². The second-order valence-electron chi connectivity index (χ2n) is 4.86. The summed E-state index contributed by atoms with van der Waals surface area (Å²) >= 11 is 5.96. The van der Waals surface area contributed by atoms with Crippen molar-refractivity contribution in [1.82, 2.24) is 0 Å². The van der Waals surface area contributed by atoms with Gasteiger partial charge in [-0.1, -0.05) is 23.7 Å². The van der Waals surface area contributed by atoms with E-state index in [1.165, 1.54) is 14.0 Å².